The van der Waals surface area contributed by atoms with Crippen LogP contribution in [0.4, 0.5) is 0 Å². The van der Waals surface area contributed by atoms with Gasteiger partial charge in [0.25, 0.3) is 6.01 Å². The lowest BCUT2D eigenvalue weighted by Gasteiger charge is -2.35. The van der Waals surface area contributed by atoms with Gasteiger partial charge in [0.2, 0.25) is 5.88 Å². The van der Waals surface area contributed by atoms with E-state index in [9.17, 15) is 0 Å². The van der Waals surface area contributed by atoms with Crippen LogP contribution in [0.3, 0.4) is 0 Å². The molecule has 3 atom stereocenters. The second-order valence-corrected chi connectivity index (χ2v) is 9.41. The van der Waals surface area contributed by atoms with Crippen LogP contribution in [0.15, 0.2) is 12.1 Å². The van der Waals surface area contributed by atoms with Gasteiger partial charge in [-0.05, 0) is 51.0 Å². The van der Waals surface area contributed by atoms with Gasteiger partial charge in [0, 0.05) is 19.2 Å². The molecule has 2 aromatic heterocycles. The Morgan fingerprint density at radius 2 is 1.97 bits per heavy atom. The fourth-order valence-electron chi connectivity index (χ4n) is 3.74. The lowest BCUT2D eigenvalue weighted by atomic mass is 9.83. The third-order valence-corrected chi connectivity index (χ3v) is 5.98. The van der Waals surface area contributed by atoms with Crippen LogP contribution in [0.5, 0.6) is 11.9 Å². The molecule has 1 saturated carbocycles. The number of hydrogen-bond acceptors (Lipinski definition) is 7. The van der Waals surface area contributed by atoms with E-state index in [1.165, 1.54) is 0 Å². The third-order valence-electron chi connectivity index (χ3n) is 5.98. The number of aryl methyl sites for hydroxylation is 1. The number of imidazole rings is 1. The molecule has 0 radical (unpaired) electrons. The summed E-state index contributed by atoms with van der Waals surface area (Å²) in [5, 5.41) is 3.41. The molecule has 2 aliphatic rings. The van der Waals surface area contributed by atoms with Crippen LogP contribution in [0.1, 0.15) is 47.0 Å². The molecule has 0 spiro atoms. The third kappa shape index (κ3) is 5.87. The molecule has 4 rings (SSSR count). The molecule has 2 unspecified atom stereocenters. The molecule has 3 heterocycles. The number of aromatic nitrogens is 3. The largest absolute Gasteiger partial charge is 0.477 e. The van der Waals surface area contributed by atoms with E-state index in [1.54, 1.807) is 0 Å². The molecular formula is C23H36N4O4. The van der Waals surface area contributed by atoms with Crippen molar-refractivity contribution in [3.63, 3.8) is 0 Å². The standard InChI is InChI=1S/C23H36N4O4/c1-14(2)8-9-28-23-25-19-6-7-20(26-21(19)27(23)5)30-13-17-10-18(11-17)29-12-15(3)24-22-16(4)31-22/h6-7,14-18,22,24H,8-13H2,1-5H3/t15-,16?,17-,18-,22?/m0/s1. The zero-order chi connectivity index (χ0) is 22.0. The maximum atomic E-state index is 5.99. The van der Waals surface area contributed by atoms with E-state index in [-0.39, 0.29) is 6.23 Å². The molecule has 172 valence electrons. The number of hydrogen-bond donors (Lipinski definition) is 1. The molecule has 0 bridgehead atoms. The van der Waals surface area contributed by atoms with E-state index in [2.05, 4.69) is 43.0 Å². The Balaban J connectivity index is 1.18. The Hall–Kier alpha value is -1.90. The van der Waals surface area contributed by atoms with Crippen molar-refractivity contribution in [1.82, 2.24) is 19.9 Å². The maximum absolute atomic E-state index is 5.99. The average molecular weight is 433 g/mol. The predicted molar refractivity (Wildman–Crippen MR) is 118 cm³/mol. The Labute approximate surface area is 184 Å². The molecule has 8 nitrogen and oxygen atoms in total. The topological polar surface area (TPSA) is 83.0 Å². The highest BCUT2D eigenvalue weighted by Crippen LogP contribution is 2.31. The number of nitrogens with one attached hydrogen (secondary N) is 1. The molecule has 2 aromatic rings. The summed E-state index contributed by atoms with van der Waals surface area (Å²) in [6.45, 7) is 10.6. The molecule has 0 amide bonds. The summed E-state index contributed by atoms with van der Waals surface area (Å²) in [6.07, 6.45) is 3.92. The summed E-state index contributed by atoms with van der Waals surface area (Å²) in [5.41, 5.74) is 1.60. The molecule has 1 aliphatic heterocycles. The van der Waals surface area contributed by atoms with Gasteiger partial charge in [-0.2, -0.15) is 9.97 Å². The van der Waals surface area contributed by atoms with Crippen LogP contribution in [0.2, 0.25) is 0 Å². The van der Waals surface area contributed by atoms with E-state index in [4.69, 9.17) is 18.9 Å². The summed E-state index contributed by atoms with van der Waals surface area (Å²) in [7, 11) is 1.93. The fourth-order valence-corrected chi connectivity index (χ4v) is 3.74. The first-order valence-electron chi connectivity index (χ1n) is 11.5. The summed E-state index contributed by atoms with van der Waals surface area (Å²) in [4.78, 5) is 9.17. The quantitative estimate of drug-likeness (QED) is 0.515. The minimum atomic E-state index is 0.202. The fraction of sp³-hybridized carbons (Fsp3) is 0.739. The monoisotopic (exact) mass is 432 g/mol. The van der Waals surface area contributed by atoms with Crippen LogP contribution in [-0.2, 0) is 16.5 Å². The zero-order valence-electron chi connectivity index (χ0n) is 19.3. The van der Waals surface area contributed by atoms with E-state index in [0.29, 0.717) is 61.8 Å². The number of pyridine rings is 1. The van der Waals surface area contributed by atoms with E-state index in [0.717, 1.165) is 30.4 Å². The van der Waals surface area contributed by atoms with Gasteiger partial charge >= 0.3 is 0 Å². The molecule has 1 N–H and O–H groups in total. The summed E-state index contributed by atoms with van der Waals surface area (Å²) >= 11 is 0. The molecule has 0 aromatic carbocycles. The van der Waals surface area contributed by atoms with Crippen molar-refractivity contribution in [1.29, 1.82) is 0 Å². The smallest absolute Gasteiger partial charge is 0.298 e. The molecule has 2 fully saturated rings. The first kappa shape index (κ1) is 22.3. The van der Waals surface area contributed by atoms with Gasteiger partial charge < -0.3 is 18.9 Å². The van der Waals surface area contributed by atoms with Crippen LogP contribution in [0, 0.1) is 11.8 Å². The molecule has 8 heteroatoms. The second kappa shape index (κ2) is 9.71. The Morgan fingerprint density at radius 3 is 2.68 bits per heavy atom. The minimum absolute atomic E-state index is 0.202. The van der Waals surface area contributed by atoms with Crippen LogP contribution < -0.4 is 14.8 Å². The van der Waals surface area contributed by atoms with E-state index >= 15 is 0 Å². The Kier molecular flexibility index (Phi) is 6.99. The van der Waals surface area contributed by atoms with Crippen LogP contribution in [-0.4, -0.2) is 58.8 Å². The predicted octanol–water partition coefficient (Wildman–Crippen LogP) is 3.29. The first-order valence-corrected chi connectivity index (χ1v) is 11.5. The van der Waals surface area contributed by atoms with E-state index in [1.807, 2.05) is 23.7 Å². The number of fused-ring (bicyclic) bond motifs is 1. The van der Waals surface area contributed by atoms with Crippen molar-refractivity contribution in [2.75, 3.05) is 19.8 Å². The van der Waals surface area contributed by atoms with Crippen LogP contribution >= 0.6 is 0 Å². The summed E-state index contributed by atoms with van der Waals surface area (Å²) in [6, 6.07) is 4.73. The SMILES string of the molecule is CC(C)CCOc1nc2ccc(OC[C@H]3C[C@H](OC[C@H](C)NC4OC4C)C3)nc2n1C. The number of epoxide rings is 1. The van der Waals surface area contributed by atoms with Crippen molar-refractivity contribution < 1.29 is 18.9 Å². The number of ether oxygens (including phenoxy) is 4. The maximum Gasteiger partial charge on any atom is 0.298 e. The molecule has 1 saturated heterocycles. The van der Waals surface area contributed by atoms with Crippen LogP contribution in [0.25, 0.3) is 11.2 Å². The molecule has 1 aliphatic carbocycles. The highest BCUT2D eigenvalue weighted by Gasteiger charge is 2.35. The Bertz CT molecular complexity index is 865. The van der Waals surface area contributed by atoms with Gasteiger partial charge in [0.05, 0.1) is 32.0 Å². The molecule has 31 heavy (non-hydrogen) atoms. The lowest BCUT2D eigenvalue weighted by Crippen LogP contribution is -2.40. The van der Waals surface area contributed by atoms with Crippen molar-refractivity contribution in [3.05, 3.63) is 12.1 Å². The summed E-state index contributed by atoms with van der Waals surface area (Å²) < 4.78 is 25.1. The van der Waals surface area contributed by atoms with Crippen molar-refractivity contribution in [2.24, 2.45) is 18.9 Å². The highest BCUT2D eigenvalue weighted by atomic mass is 16.6. The number of rotatable bonds is 12. The Morgan fingerprint density at radius 1 is 1.19 bits per heavy atom. The minimum Gasteiger partial charge on any atom is -0.477 e. The van der Waals surface area contributed by atoms with E-state index < -0.39 is 0 Å². The molecular weight excluding hydrogens is 396 g/mol. The summed E-state index contributed by atoms with van der Waals surface area (Å²) in [5.74, 6) is 1.74. The van der Waals surface area contributed by atoms with Gasteiger partial charge in [-0.3, -0.25) is 9.88 Å². The van der Waals surface area contributed by atoms with Crippen molar-refractivity contribution in [2.45, 2.75) is 71.4 Å². The zero-order valence-corrected chi connectivity index (χ0v) is 19.3. The normalized spacial score (nSPS) is 26.1. The van der Waals surface area contributed by atoms with Gasteiger partial charge in [-0.25, -0.2) is 0 Å². The second-order valence-electron chi connectivity index (χ2n) is 9.41. The van der Waals surface area contributed by atoms with Gasteiger partial charge in [0.1, 0.15) is 11.7 Å². The highest BCUT2D eigenvalue weighted by molar-refractivity contribution is 5.72. The van der Waals surface area contributed by atoms with Crippen molar-refractivity contribution in [3.8, 4) is 11.9 Å². The van der Waals surface area contributed by atoms with Gasteiger partial charge in [0.15, 0.2) is 5.65 Å². The van der Waals surface area contributed by atoms with Crippen molar-refractivity contribution >= 4 is 11.2 Å². The number of nitrogens with zero attached hydrogens (tertiary/aromatic N) is 3. The lowest BCUT2D eigenvalue weighted by molar-refractivity contribution is -0.0486. The average Bonchev–Trinajstić information content (AvgIpc) is 3.29. The first-order chi connectivity index (χ1) is 14.9. The van der Waals surface area contributed by atoms with Gasteiger partial charge in [-0.15, -0.1) is 0 Å². The van der Waals surface area contributed by atoms with Gasteiger partial charge in [-0.1, -0.05) is 13.8 Å².